The van der Waals surface area contributed by atoms with Crippen molar-refractivity contribution >= 4 is 16.0 Å². The van der Waals surface area contributed by atoms with Crippen LogP contribution in [0.2, 0.25) is 0 Å². The van der Waals surface area contributed by atoms with Crippen LogP contribution in [0.4, 0.5) is 0 Å². The molecule has 1 N–H and O–H groups in total. The number of hydrogen-bond donors (Lipinski definition) is 1. The summed E-state index contributed by atoms with van der Waals surface area (Å²) < 4.78 is 43.4. The highest BCUT2D eigenvalue weighted by Crippen LogP contribution is 2.30. The summed E-state index contributed by atoms with van der Waals surface area (Å²) in [4.78, 5) is 11.9. The second-order valence-electron chi connectivity index (χ2n) is 5.48. The second kappa shape index (κ2) is 9.62. The quantitative estimate of drug-likeness (QED) is 0.633. The van der Waals surface area contributed by atoms with Crippen LogP contribution < -0.4 is 14.2 Å². The molecule has 7 nitrogen and oxygen atoms in total. The van der Waals surface area contributed by atoms with E-state index in [0.29, 0.717) is 31.1 Å². The Morgan fingerprint density at radius 3 is 2.24 bits per heavy atom. The normalized spacial score (nSPS) is 13.8. The summed E-state index contributed by atoms with van der Waals surface area (Å²) in [6.07, 6.45) is 0.621. The predicted octanol–water partition coefficient (Wildman–Crippen LogP) is 2.35. The van der Waals surface area contributed by atoms with Gasteiger partial charge in [0.05, 0.1) is 25.2 Å². The summed E-state index contributed by atoms with van der Waals surface area (Å²) in [5, 5.41) is 0. The fourth-order valence-corrected chi connectivity index (χ4v) is 3.50. The number of benzene rings is 1. The van der Waals surface area contributed by atoms with Crippen LogP contribution in [0.15, 0.2) is 23.1 Å². The molecule has 0 heterocycles. The van der Waals surface area contributed by atoms with Gasteiger partial charge in [-0.3, -0.25) is 4.79 Å². The number of rotatable bonds is 10. The molecule has 0 bridgehead atoms. The summed E-state index contributed by atoms with van der Waals surface area (Å²) in [7, 11) is -2.70. The number of nitrogens with one attached hydrogen (secondary N) is 1. The Hall–Kier alpha value is -1.80. The van der Waals surface area contributed by atoms with Crippen molar-refractivity contribution < 1.29 is 27.4 Å². The highest BCUT2D eigenvalue weighted by molar-refractivity contribution is 7.89. The lowest BCUT2D eigenvalue weighted by atomic mass is 10.0. The smallest absolute Gasteiger partial charge is 0.324 e. The number of carbonyl (C=O) groups is 1. The van der Waals surface area contributed by atoms with Crippen LogP contribution in [0.25, 0.3) is 0 Å². The van der Waals surface area contributed by atoms with Crippen molar-refractivity contribution in [2.24, 2.45) is 5.92 Å². The Morgan fingerprint density at radius 2 is 1.72 bits per heavy atom. The van der Waals surface area contributed by atoms with Gasteiger partial charge in [-0.1, -0.05) is 20.3 Å². The molecule has 1 aromatic carbocycles. The van der Waals surface area contributed by atoms with Crippen molar-refractivity contribution in [1.82, 2.24) is 4.72 Å². The van der Waals surface area contributed by atoms with E-state index >= 15 is 0 Å². The van der Waals surface area contributed by atoms with Crippen LogP contribution in [-0.4, -0.2) is 40.8 Å². The first-order chi connectivity index (χ1) is 11.8. The fourth-order valence-electron chi connectivity index (χ4n) is 2.19. The van der Waals surface area contributed by atoms with Gasteiger partial charge in [0.25, 0.3) is 0 Å². The summed E-state index contributed by atoms with van der Waals surface area (Å²) in [6.45, 7) is 8.09. The molecule has 0 saturated heterocycles. The first kappa shape index (κ1) is 21.2. The van der Waals surface area contributed by atoms with Crippen LogP contribution >= 0.6 is 0 Å². The molecule has 0 fully saturated rings. The largest absolute Gasteiger partial charge is 0.490 e. The molecular formula is C17H27NO6S. The van der Waals surface area contributed by atoms with E-state index in [4.69, 9.17) is 14.2 Å². The molecule has 0 aromatic heterocycles. The highest BCUT2D eigenvalue weighted by Gasteiger charge is 2.30. The molecule has 0 amide bonds. The molecule has 0 spiro atoms. The molecule has 0 unspecified atom stereocenters. The Kier molecular flexibility index (Phi) is 8.18. The first-order valence-corrected chi connectivity index (χ1v) is 9.78. The van der Waals surface area contributed by atoms with Gasteiger partial charge in [0, 0.05) is 6.07 Å². The molecule has 2 atom stereocenters. The average Bonchev–Trinajstić information content (AvgIpc) is 2.60. The van der Waals surface area contributed by atoms with E-state index in [1.54, 1.807) is 19.9 Å². The van der Waals surface area contributed by atoms with Gasteiger partial charge in [0.15, 0.2) is 11.5 Å². The second-order valence-corrected chi connectivity index (χ2v) is 7.20. The van der Waals surface area contributed by atoms with E-state index in [1.165, 1.54) is 19.2 Å². The van der Waals surface area contributed by atoms with Gasteiger partial charge in [-0.25, -0.2) is 8.42 Å². The van der Waals surface area contributed by atoms with E-state index in [2.05, 4.69) is 4.72 Å². The van der Waals surface area contributed by atoms with E-state index in [1.807, 2.05) is 13.8 Å². The molecule has 0 aliphatic rings. The van der Waals surface area contributed by atoms with E-state index in [9.17, 15) is 13.2 Å². The molecule has 1 aromatic rings. The van der Waals surface area contributed by atoms with Crippen LogP contribution in [-0.2, 0) is 19.6 Å². The number of carbonyl (C=O) groups excluding carboxylic acids is 1. The van der Waals surface area contributed by atoms with Crippen molar-refractivity contribution in [3.05, 3.63) is 18.2 Å². The maximum absolute atomic E-state index is 12.7. The van der Waals surface area contributed by atoms with Gasteiger partial charge < -0.3 is 14.2 Å². The third-order valence-corrected chi connectivity index (χ3v) is 5.21. The molecule has 0 aliphatic carbocycles. The first-order valence-electron chi connectivity index (χ1n) is 8.30. The monoisotopic (exact) mass is 373 g/mol. The average molecular weight is 373 g/mol. The Morgan fingerprint density at radius 1 is 1.12 bits per heavy atom. The molecule has 142 valence electrons. The third kappa shape index (κ3) is 5.61. The van der Waals surface area contributed by atoms with Crippen molar-refractivity contribution in [3.8, 4) is 11.5 Å². The summed E-state index contributed by atoms with van der Waals surface area (Å²) in [5.41, 5.74) is 0. The lowest BCUT2D eigenvalue weighted by molar-refractivity contribution is -0.143. The minimum Gasteiger partial charge on any atom is -0.490 e. The van der Waals surface area contributed by atoms with E-state index in [-0.39, 0.29) is 10.8 Å². The van der Waals surface area contributed by atoms with Gasteiger partial charge in [-0.2, -0.15) is 4.72 Å². The van der Waals surface area contributed by atoms with Crippen LogP contribution in [0.1, 0.15) is 34.1 Å². The van der Waals surface area contributed by atoms with Crippen LogP contribution in [0.3, 0.4) is 0 Å². The number of esters is 1. The zero-order chi connectivity index (χ0) is 19.0. The molecule has 1 rings (SSSR count). The van der Waals surface area contributed by atoms with Gasteiger partial charge in [0.2, 0.25) is 10.0 Å². The minimum absolute atomic E-state index is 0.00314. The fraction of sp³-hybridized carbons (Fsp3) is 0.588. The highest BCUT2D eigenvalue weighted by atomic mass is 32.2. The molecule has 0 radical (unpaired) electrons. The zero-order valence-corrected chi connectivity index (χ0v) is 16.2. The van der Waals surface area contributed by atoms with E-state index < -0.39 is 22.0 Å². The summed E-state index contributed by atoms with van der Waals surface area (Å²) >= 11 is 0. The SMILES string of the molecule is CCOc1ccc(S(=O)(=O)N[C@H](C(=O)OC)[C@@H](C)CC)cc1OCC. The number of methoxy groups -OCH3 is 1. The molecule has 25 heavy (non-hydrogen) atoms. The number of sulfonamides is 1. The Bertz CT molecular complexity index is 674. The van der Waals surface area contributed by atoms with Gasteiger partial charge >= 0.3 is 5.97 Å². The summed E-state index contributed by atoms with van der Waals surface area (Å²) in [6, 6.07) is 3.39. The molecule has 0 aliphatic heterocycles. The van der Waals surface area contributed by atoms with E-state index in [0.717, 1.165) is 0 Å². The molecule has 8 heteroatoms. The Balaban J connectivity index is 3.19. The van der Waals surface area contributed by atoms with Gasteiger partial charge in [-0.15, -0.1) is 0 Å². The van der Waals surface area contributed by atoms with Crippen molar-refractivity contribution in [2.45, 2.75) is 45.1 Å². The maximum atomic E-state index is 12.7. The predicted molar refractivity (Wildman–Crippen MR) is 94.4 cm³/mol. The van der Waals surface area contributed by atoms with Crippen molar-refractivity contribution in [3.63, 3.8) is 0 Å². The number of ether oxygens (including phenoxy) is 3. The van der Waals surface area contributed by atoms with Crippen LogP contribution in [0.5, 0.6) is 11.5 Å². The Labute approximate surface area is 149 Å². The van der Waals surface area contributed by atoms with Gasteiger partial charge in [-0.05, 0) is 31.9 Å². The molecule has 0 saturated carbocycles. The summed E-state index contributed by atoms with van der Waals surface area (Å²) in [5.74, 6) is -0.0229. The molecular weight excluding hydrogens is 346 g/mol. The van der Waals surface area contributed by atoms with Crippen molar-refractivity contribution in [1.29, 1.82) is 0 Å². The zero-order valence-electron chi connectivity index (χ0n) is 15.4. The third-order valence-electron chi connectivity index (χ3n) is 3.78. The maximum Gasteiger partial charge on any atom is 0.324 e. The lowest BCUT2D eigenvalue weighted by Gasteiger charge is -2.22. The number of hydrogen-bond acceptors (Lipinski definition) is 6. The lowest BCUT2D eigenvalue weighted by Crippen LogP contribution is -2.45. The van der Waals surface area contributed by atoms with Crippen LogP contribution in [0, 0.1) is 5.92 Å². The van der Waals surface area contributed by atoms with Gasteiger partial charge in [0.1, 0.15) is 6.04 Å². The minimum atomic E-state index is -3.93. The topological polar surface area (TPSA) is 90.9 Å². The standard InChI is InChI=1S/C17H27NO6S/c1-6-12(4)16(17(19)22-5)18-25(20,21)13-9-10-14(23-7-2)15(11-13)24-8-3/h9-12,16,18H,6-8H2,1-5H3/t12-,16-/m0/s1. The van der Waals surface area contributed by atoms with Crippen molar-refractivity contribution in [2.75, 3.05) is 20.3 Å².